The van der Waals surface area contributed by atoms with Crippen LogP contribution in [0.2, 0.25) is 0 Å². The number of para-hydroxylation sites is 1. The maximum atomic E-state index is 13.1. The van der Waals surface area contributed by atoms with E-state index in [4.69, 9.17) is 14.2 Å². The number of amides is 1. The van der Waals surface area contributed by atoms with Crippen LogP contribution in [0.5, 0.6) is 17.2 Å². The van der Waals surface area contributed by atoms with Crippen molar-refractivity contribution in [2.75, 3.05) is 20.8 Å². The van der Waals surface area contributed by atoms with Crippen LogP contribution in [0, 0.1) is 0 Å². The third-order valence-electron chi connectivity index (χ3n) is 6.19. The fourth-order valence-electron chi connectivity index (χ4n) is 4.30. The molecule has 1 aromatic heterocycles. The van der Waals surface area contributed by atoms with E-state index in [1.54, 1.807) is 60.9 Å². The molecule has 1 unspecified atom stereocenters. The van der Waals surface area contributed by atoms with E-state index in [0.29, 0.717) is 47.0 Å². The minimum atomic E-state index is -0.246. The molecule has 0 saturated heterocycles. The van der Waals surface area contributed by atoms with Gasteiger partial charge in [-0.3, -0.25) is 9.59 Å². The van der Waals surface area contributed by atoms with Gasteiger partial charge in [0.15, 0.2) is 11.6 Å². The summed E-state index contributed by atoms with van der Waals surface area (Å²) in [5.41, 5.74) is 3.16. The summed E-state index contributed by atoms with van der Waals surface area (Å²) in [5, 5.41) is 2.93. The average molecular weight is 496 g/mol. The topological polar surface area (TPSA) is 99.6 Å². The molecule has 1 aliphatic rings. The quantitative estimate of drug-likeness (QED) is 0.367. The third-order valence-corrected chi connectivity index (χ3v) is 6.19. The molecule has 1 atom stereocenters. The van der Waals surface area contributed by atoms with Crippen molar-refractivity contribution in [3.63, 3.8) is 0 Å². The molecule has 8 nitrogen and oxygen atoms in total. The molecule has 37 heavy (non-hydrogen) atoms. The Kier molecular flexibility index (Phi) is 6.81. The van der Waals surface area contributed by atoms with Gasteiger partial charge in [0, 0.05) is 29.9 Å². The number of carbonyl (C=O) groups is 2. The zero-order valence-electron chi connectivity index (χ0n) is 20.4. The molecular weight excluding hydrogens is 470 g/mol. The first-order valence-electron chi connectivity index (χ1n) is 11.8. The molecule has 0 bridgehead atoms. The van der Waals surface area contributed by atoms with Gasteiger partial charge in [0.05, 0.1) is 31.9 Å². The van der Waals surface area contributed by atoms with Gasteiger partial charge >= 0.3 is 0 Å². The molecular formula is C29H25N3O5. The molecule has 1 amide bonds. The zero-order valence-corrected chi connectivity index (χ0v) is 20.4. The Morgan fingerprint density at radius 3 is 2.43 bits per heavy atom. The predicted octanol–water partition coefficient (Wildman–Crippen LogP) is 4.13. The normalized spacial score (nSPS) is 13.8. The Balaban J connectivity index is 1.23. The van der Waals surface area contributed by atoms with Gasteiger partial charge in [-0.05, 0) is 48.0 Å². The van der Waals surface area contributed by atoms with E-state index in [9.17, 15) is 9.59 Å². The highest BCUT2D eigenvalue weighted by Gasteiger charge is 2.27. The first kappa shape index (κ1) is 24.0. The fraction of sp³-hybridized carbons (Fsp3) is 0.172. The van der Waals surface area contributed by atoms with E-state index in [1.165, 1.54) is 14.2 Å². The number of fused-ring (bicyclic) bond motifs is 1. The van der Waals surface area contributed by atoms with Crippen LogP contribution in [0.1, 0.15) is 31.8 Å². The van der Waals surface area contributed by atoms with Crippen LogP contribution >= 0.6 is 0 Å². The SMILES string of the molecule is COc1ccc(OC)c(C(=O)c2ccc(C(=O)NCC3Cc4cccc(-c5ncccn5)c4O3)cc2)c1. The average Bonchev–Trinajstić information content (AvgIpc) is 3.39. The van der Waals surface area contributed by atoms with Gasteiger partial charge in [-0.25, -0.2) is 9.97 Å². The van der Waals surface area contributed by atoms with Gasteiger partial charge in [-0.1, -0.05) is 24.3 Å². The van der Waals surface area contributed by atoms with Crippen LogP contribution in [-0.4, -0.2) is 48.5 Å². The van der Waals surface area contributed by atoms with Crippen LogP contribution in [0.15, 0.2) is 79.1 Å². The lowest BCUT2D eigenvalue weighted by Crippen LogP contribution is -2.34. The van der Waals surface area contributed by atoms with Crippen molar-refractivity contribution in [2.45, 2.75) is 12.5 Å². The molecule has 186 valence electrons. The molecule has 3 aromatic carbocycles. The molecule has 0 saturated carbocycles. The number of ether oxygens (including phenoxy) is 3. The largest absolute Gasteiger partial charge is 0.497 e. The minimum Gasteiger partial charge on any atom is -0.497 e. The van der Waals surface area contributed by atoms with E-state index < -0.39 is 0 Å². The number of hydrogen-bond donors (Lipinski definition) is 1. The monoisotopic (exact) mass is 495 g/mol. The summed E-state index contributed by atoms with van der Waals surface area (Å²) in [4.78, 5) is 34.5. The van der Waals surface area contributed by atoms with Gasteiger partial charge in [-0.15, -0.1) is 0 Å². The second-order valence-corrected chi connectivity index (χ2v) is 8.49. The van der Waals surface area contributed by atoms with Gasteiger partial charge < -0.3 is 19.5 Å². The summed E-state index contributed by atoms with van der Waals surface area (Å²) in [6.45, 7) is 0.338. The van der Waals surface area contributed by atoms with E-state index >= 15 is 0 Å². The van der Waals surface area contributed by atoms with Crippen LogP contribution < -0.4 is 19.5 Å². The van der Waals surface area contributed by atoms with Gasteiger partial charge in [-0.2, -0.15) is 0 Å². The highest BCUT2D eigenvalue weighted by atomic mass is 16.5. The summed E-state index contributed by atoms with van der Waals surface area (Å²) in [6.07, 6.45) is 3.86. The van der Waals surface area contributed by atoms with Gasteiger partial charge in [0.25, 0.3) is 5.91 Å². The van der Waals surface area contributed by atoms with Crippen molar-refractivity contribution >= 4 is 11.7 Å². The lowest BCUT2D eigenvalue weighted by molar-refractivity contribution is 0.0932. The summed E-state index contributed by atoms with van der Waals surface area (Å²) in [7, 11) is 3.05. The number of ketones is 1. The Morgan fingerprint density at radius 2 is 1.70 bits per heavy atom. The maximum absolute atomic E-state index is 13.1. The minimum absolute atomic E-state index is 0.204. The first-order chi connectivity index (χ1) is 18.1. The highest BCUT2D eigenvalue weighted by molar-refractivity contribution is 6.11. The molecule has 8 heteroatoms. The van der Waals surface area contributed by atoms with Crippen LogP contribution in [0.3, 0.4) is 0 Å². The summed E-state index contributed by atoms with van der Waals surface area (Å²) in [6, 6.07) is 19.2. The van der Waals surface area contributed by atoms with Crippen LogP contribution in [0.4, 0.5) is 0 Å². The summed E-state index contributed by atoms with van der Waals surface area (Å²) < 4.78 is 16.7. The highest BCUT2D eigenvalue weighted by Crippen LogP contribution is 2.37. The summed E-state index contributed by atoms with van der Waals surface area (Å²) >= 11 is 0. The second-order valence-electron chi connectivity index (χ2n) is 8.49. The number of rotatable bonds is 8. The Hall–Kier alpha value is -4.72. The number of aromatic nitrogens is 2. The summed E-state index contributed by atoms with van der Waals surface area (Å²) in [5.74, 6) is 1.89. The predicted molar refractivity (Wildman–Crippen MR) is 137 cm³/mol. The molecule has 1 N–H and O–H groups in total. The molecule has 1 aliphatic heterocycles. The number of carbonyl (C=O) groups excluding carboxylic acids is 2. The lowest BCUT2D eigenvalue weighted by atomic mass is 10.0. The second kappa shape index (κ2) is 10.5. The van der Waals surface area contributed by atoms with Crippen molar-refractivity contribution in [2.24, 2.45) is 0 Å². The van der Waals surface area contributed by atoms with E-state index in [-0.39, 0.29) is 17.8 Å². The van der Waals surface area contributed by atoms with Crippen LogP contribution in [-0.2, 0) is 6.42 Å². The number of methoxy groups -OCH3 is 2. The fourth-order valence-corrected chi connectivity index (χ4v) is 4.30. The molecule has 0 aliphatic carbocycles. The molecule has 5 rings (SSSR count). The zero-order chi connectivity index (χ0) is 25.8. The molecule has 0 spiro atoms. The maximum Gasteiger partial charge on any atom is 0.251 e. The molecule has 4 aromatic rings. The lowest BCUT2D eigenvalue weighted by Gasteiger charge is -2.13. The number of nitrogens with zero attached hydrogens (tertiary/aromatic N) is 2. The smallest absolute Gasteiger partial charge is 0.251 e. The molecule has 0 fully saturated rings. The Labute approximate surface area is 214 Å². The number of hydrogen-bond acceptors (Lipinski definition) is 7. The van der Waals surface area contributed by atoms with E-state index in [1.807, 2.05) is 18.2 Å². The van der Waals surface area contributed by atoms with Crippen molar-refractivity contribution in [1.82, 2.24) is 15.3 Å². The van der Waals surface area contributed by atoms with Gasteiger partial charge in [0.2, 0.25) is 0 Å². The van der Waals surface area contributed by atoms with Crippen molar-refractivity contribution in [1.29, 1.82) is 0 Å². The third kappa shape index (κ3) is 4.99. The van der Waals surface area contributed by atoms with Gasteiger partial charge in [0.1, 0.15) is 23.4 Å². The number of nitrogens with one attached hydrogen (secondary N) is 1. The van der Waals surface area contributed by atoms with Crippen molar-refractivity contribution in [3.05, 3.63) is 101 Å². The van der Waals surface area contributed by atoms with Crippen molar-refractivity contribution in [3.8, 4) is 28.6 Å². The van der Waals surface area contributed by atoms with Crippen molar-refractivity contribution < 1.29 is 23.8 Å². The molecule has 2 heterocycles. The Morgan fingerprint density at radius 1 is 0.946 bits per heavy atom. The first-order valence-corrected chi connectivity index (χ1v) is 11.8. The standard InChI is InChI=1S/C29H25N3O5/c1-35-21-11-12-25(36-2)24(16-21)26(33)18-7-9-19(10-8-18)29(34)32-17-22-15-20-5-3-6-23(27(20)37-22)28-30-13-4-14-31-28/h3-14,16,22H,15,17H2,1-2H3,(H,32,34). The van der Waals surface area contributed by atoms with E-state index in [2.05, 4.69) is 15.3 Å². The molecule has 0 radical (unpaired) electrons. The number of benzene rings is 3. The van der Waals surface area contributed by atoms with E-state index in [0.717, 1.165) is 16.9 Å². The Bertz CT molecular complexity index is 1440. The van der Waals surface area contributed by atoms with Crippen LogP contribution in [0.25, 0.3) is 11.4 Å².